The second-order valence-electron chi connectivity index (χ2n) is 9.39. The van der Waals surface area contributed by atoms with E-state index in [0.29, 0.717) is 17.8 Å². The first-order chi connectivity index (χ1) is 11.9. The quantitative estimate of drug-likeness (QED) is 0.721. The second kappa shape index (κ2) is 4.80. The first kappa shape index (κ1) is 15.7. The van der Waals surface area contributed by atoms with E-state index in [2.05, 4.69) is 31.0 Å². The molecule has 5 rings (SSSR count). The van der Waals surface area contributed by atoms with Crippen molar-refractivity contribution in [3.05, 3.63) is 23.1 Å². The van der Waals surface area contributed by atoms with Crippen molar-refractivity contribution in [1.82, 2.24) is 5.16 Å². The van der Waals surface area contributed by atoms with Crippen LogP contribution in [0.25, 0.3) is 6.08 Å². The molecule has 6 atom stereocenters. The summed E-state index contributed by atoms with van der Waals surface area (Å²) in [6.07, 6.45) is 17.4. The van der Waals surface area contributed by atoms with Crippen molar-refractivity contribution in [2.45, 2.75) is 64.4 Å². The summed E-state index contributed by atoms with van der Waals surface area (Å²) < 4.78 is 5.43. The number of aromatic nitrogens is 1. The minimum absolute atomic E-state index is 0.114. The van der Waals surface area contributed by atoms with Crippen LogP contribution >= 0.6 is 0 Å². The van der Waals surface area contributed by atoms with Gasteiger partial charge in [0.25, 0.3) is 0 Å². The van der Waals surface area contributed by atoms with Crippen LogP contribution in [-0.4, -0.2) is 15.9 Å². The fourth-order valence-corrected chi connectivity index (χ4v) is 7.14. The molecule has 1 heterocycles. The van der Waals surface area contributed by atoms with Gasteiger partial charge in [0.1, 0.15) is 5.60 Å². The number of nitrogens with zero attached hydrogens (tertiary/aromatic N) is 1. The van der Waals surface area contributed by atoms with E-state index >= 15 is 0 Å². The molecule has 1 aromatic rings. The average molecular weight is 337 g/mol. The fourth-order valence-electron chi connectivity index (χ4n) is 7.14. The smallest absolute Gasteiger partial charge is 0.162 e. The molecule has 0 aromatic carbocycles. The van der Waals surface area contributed by atoms with Gasteiger partial charge in [-0.3, -0.25) is 0 Å². The summed E-state index contributed by atoms with van der Waals surface area (Å²) in [7, 11) is 0. The van der Waals surface area contributed by atoms with Crippen LogP contribution in [0, 0.1) is 40.9 Å². The van der Waals surface area contributed by atoms with Crippen molar-refractivity contribution in [2.75, 3.05) is 0 Å². The number of hydrogen-bond donors (Lipinski definition) is 1. The largest absolute Gasteiger partial charge is 0.377 e. The lowest BCUT2D eigenvalue weighted by Crippen LogP contribution is -2.54. The van der Waals surface area contributed by atoms with Gasteiger partial charge in [0.15, 0.2) is 5.76 Å². The molecule has 3 nitrogen and oxygen atoms in total. The lowest BCUT2D eigenvalue weighted by molar-refractivity contribution is -0.0975. The molecular weight excluding hydrogens is 310 g/mol. The molecule has 0 aliphatic heterocycles. The van der Waals surface area contributed by atoms with Crippen molar-refractivity contribution >= 4 is 6.08 Å². The van der Waals surface area contributed by atoms with Gasteiger partial charge in [0.2, 0.25) is 0 Å². The van der Waals surface area contributed by atoms with Crippen molar-refractivity contribution in [1.29, 1.82) is 0 Å². The number of terminal acetylenes is 1. The zero-order valence-corrected chi connectivity index (χ0v) is 15.2. The molecule has 0 amide bonds. The van der Waals surface area contributed by atoms with Crippen molar-refractivity contribution < 1.29 is 9.63 Å². The number of hydrogen-bond acceptors (Lipinski definition) is 3. The maximum absolute atomic E-state index is 11.1. The topological polar surface area (TPSA) is 46.3 Å². The Hall–Kier alpha value is -1.53. The summed E-state index contributed by atoms with van der Waals surface area (Å²) >= 11 is 0. The third kappa shape index (κ3) is 1.79. The summed E-state index contributed by atoms with van der Waals surface area (Å²) in [4.78, 5) is 0. The average Bonchev–Trinajstić information content (AvgIpc) is 3.14. The van der Waals surface area contributed by atoms with Crippen molar-refractivity contribution in [3.8, 4) is 12.3 Å². The summed E-state index contributed by atoms with van der Waals surface area (Å²) in [5.74, 6) is 5.64. The molecule has 3 heteroatoms. The Morgan fingerprint density at radius 3 is 2.84 bits per heavy atom. The summed E-state index contributed by atoms with van der Waals surface area (Å²) in [5, 5.41) is 15.1. The Bertz CT molecular complexity index is 801. The maximum atomic E-state index is 11.1. The van der Waals surface area contributed by atoms with Gasteiger partial charge in [0, 0.05) is 11.0 Å². The lowest BCUT2D eigenvalue weighted by Gasteiger charge is -2.58. The van der Waals surface area contributed by atoms with Crippen LogP contribution in [0.1, 0.15) is 63.7 Å². The highest BCUT2D eigenvalue weighted by molar-refractivity contribution is 5.57. The minimum Gasteiger partial charge on any atom is -0.377 e. The van der Waals surface area contributed by atoms with E-state index in [9.17, 15) is 5.11 Å². The first-order valence-electron chi connectivity index (χ1n) is 9.76. The monoisotopic (exact) mass is 337 g/mol. The van der Waals surface area contributed by atoms with Gasteiger partial charge in [-0.2, -0.15) is 0 Å². The Morgan fingerprint density at radius 2 is 2.04 bits per heavy atom. The third-order valence-electron chi connectivity index (χ3n) is 8.67. The van der Waals surface area contributed by atoms with Gasteiger partial charge >= 0.3 is 0 Å². The Labute approximate surface area is 149 Å². The van der Waals surface area contributed by atoms with Gasteiger partial charge in [-0.15, -0.1) is 6.42 Å². The van der Waals surface area contributed by atoms with E-state index in [1.54, 1.807) is 5.57 Å². The lowest BCUT2D eigenvalue weighted by atomic mass is 9.46. The Balaban J connectivity index is 1.53. The zero-order valence-electron chi connectivity index (χ0n) is 15.2. The predicted octanol–water partition coefficient (Wildman–Crippen LogP) is 4.22. The molecule has 0 bridgehead atoms. The molecule has 4 aliphatic carbocycles. The van der Waals surface area contributed by atoms with E-state index in [1.807, 2.05) is 6.20 Å². The fraction of sp³-hybridized carbons (Fsp3) is 0.682. The SMILES string of the molecule is C#C[C@]1(O)CC[C@H]2[C@H]3CCC4=Cc5oncc5C[C@]4(C)[C@@H]3CC[C@@]21C. The molecule has 4 aliphatic rings. The molecule has 3 fully saturated rings. The van der Waals surface area contributed by atoms with Gasteiger partial charge < -0.3 is 9.63 Å². The second-order valence-corrected chi connectivity index (χ2v) is 9.39. The minimum atomic E-state index is -0.909. The molecule has 1 N–H and O–H groups in total. The van der Waals surface area contributed by atoms with Gasteiger partial charge in [-0.1, -0.05) is 30.5 Å². The molecule has 0 unspecified atom stereocenters. The van der Waals surface area contributed by atoms with Crippen LogP contribution in [0.4, 0.5) is 0 Å². The zero-order chi connectivity index (χ0) is 17.4. The molecule has 0 saturated heterocycles. The molecule has 3 saturated carbocycles. The van der Waals surface area contributed by atoms with E-state index in [0.717, 1.165) is 44.3 Å². The molecule has 1 aromatic heterocycles. The van der Waals surface area contributed by atoms with E-state index in [-0.39, 0.29) is 10.8 Å². The molecule has 0 radical (unpaired) electrons. The van der Waals surface area contributed by atoms with Gasteiger partial charge in [0.05, 0.1) is 6.20 Å². The van der Waals surface area contributed by atoms with Crippen LogP contribution in [0.2, 0.25) is 0 Å². The van der Waals surface area contributed by atoms with E-state index in [1.165, 1.54) is 12.0 Å². The van der Waals surface area contributed by atoms with E-state index in [4.69, 9.17) is 10.9 Å². The van der Waals surface area contributed by atoms with Crippen LogP contribution < -0.4 is 0 Å². The summed E-state index contributed by atoms with van der Waals surface area (Å²) in [6.45, 7) is 4.71. The Morgan fingerprint density at radius 1 is 1.24 bits per heavy atom. The van der Waals surface area contributed by atoms with Crippen LogP contribution in [0.15, 0.2) is 16.3 Å². The number of aliphatic hydroxyl groups is 1. The number of allylic oxidation sites excluding steroid dienone is 1. The highest BCUT2D eigenvalue weighted by Gasteiger charge is 2.63. The maximum Gasteiger partial charge on any atom is 0.162 e. The normalized spacial score (nSPS) is 47.8. The van der Waals surface area contributed by atoms with Gasteiger partial charge in [-0.25, -0.2) is 0 Å². The molecular formula is C22H27NO2. The van der Waals surface area contributed by atoms with Gasteiger partial charge in [-0.05, 0) is 74.2 Å². The Kier molecular flexibility index (Phi) is 3.01. The number of fused-ring (bicyclic) bond motifs is 6. The van der Waals surface area contributed by atoms with E-state index < -0.39 is 5.60 Å². The van der Waals surface area contributed by atoms with Crippen LogP contribution in [0.5, 0.6) is 0 Å². The molecule has 132 valence electrons. The van der Waals surface area contributed by atoms with Crippen LogP contribution in [-0.2, 0) is 6.42 Å². The van der Waals surface area contributed by atoms with Crippen LogP contribution in [0.3, 0.4) is 0 Å². The number of rotatable bonds is 0. The standard InChI is InChI=1S/C22H27NO2/c1-4-22(24)10-8-18-16-6-5-15-11-19-14(13-23-25-19)12-20(15,2)17(16)7-9-21(18,22)3/h1,11,13,16-18,24H,5-10,12H2,2-3H3/t16-,17+,18-,20-,21-,22-/m0/s1. The van der Waals surface area contributed by atoms with Crippen molar-refractivity contribution in [3.63, 3.8) is 0 Å². The molecule has 0 spiro atoms. The predicted molar refractivity (Wildman–Crippen MR) is 96.4 cm³/mol. The third-order valence-corrected chi connectivity index (χ3v) is 8.67. The highest BCUT2D eigenvalue weighted by atomic mass is 16.5. The highest BCUT2D eigenvalue weighted by Crippen LogP contribution is 2.67. The summed E-state index contributed by atoms with van der Waals surface area (Å²) in [6, 6.07) is 0. The first-order valence-corrected chi connectivity index (χ1v) is 9.76. The van der Waals surface area contributed by atoms with Crippen molar-refractivity contribution in [2.24, 2.45) is 28.6 Å². The summed E-state index contributed by atoms with van der Waals surface area (Å²) in [5.41, 5.74) is 1.99. The molecule has 25 heavy (non-hydrogen) atoms.